The Labute approximate surface area is 191 Å². The molecule has 7 heteroatoms. The summed E-state index contributed by atoms with van der Waals surface area (Å²) in [5, 5.41) is 7.11. The Morgan fingerprint density at radius 2 is 2.10 bits per heavy atom. The van der Waals surface area contributed by atoms with E-state index in [1.165, 1.54) is 5.56 Å². The molecule has 2 heterocycles. The molecule has 2 saturated heterocycles. The van der Waals surface area contributed by atoms with Crippen molar-refractivity contribution < 1.29 is 14.2 Å². The van der Waals surface area contributed by atoms with Gasteiger partial charge in [0.2, 0.25) is 0 Å². The zero-order valence-corrected chi connectivity index (χ0v) is 20.2. The van der Waals surface area contributed by atoms with Crippen molar-refractivity contribution in [2.75, 3.05) is 26.9 Å². The first-order valence-corrected chi connectivity index (χ1v) is 10.4. The summed E-state index contributed by atoms with van der Waals surface area (Å²) < 4.78 is 17.6. The van der Waals surface area contributed by atoms with E-state index in [9.17, 15) is 0 Å². The highest BCUT2D eigenvalue weighted by Crippen LogP contribution is 2.52. The molecule has 3 fully saturated rings. The van der Waals surface area contributed by atoms with Crippen LogP contribution >= 0.6 is 24.0 Å². The average Bonchev–Trinajstić information content (AvgIpc) is 3.34. The minimum atomic E-state index is 0. The predicted octanol–water partition coefficient (Wildman–Crippen LogP) is 3.26. The molecule has 1 aromatic rings. The van der Waals surface area contributed by atoms with Crippen LogP contribution < -0.4 is 15.4 Å². The summed E-state index contributed by atoms with van der Waals surface area (Å²) in [6.07, 6.45) is 2.59. The van der Waals surface area contributed by atoms with Crippen LogP contribution in [0.2, 0.25) is 0 Å². The lowest BCUT2D eigenvalue weighted by Gasteiger charge is -2.54. The molecule has 1 saturated carbocycles. The predicted molar refractivity (Wildman–Crippen MR) is 125 cm³/mol. The third-order valence-electron chi connectivity index (χ3n) is 6.47. The molecule has 4 unspecified atom stereocenters. The number of rotatable bonds is 5. The van der Waals surface area contributed by atoms with Gasteiger partial charge in [-0.1, -0.05) is 26.0 Å². The van der Waals surface area contributed by atoms with Crippen LogP contribution in [-0.4, -0.2) is 51.1 Å². The second-order valence-corrected chi connectivity index (χ2v) is 8.83. The second kappa shape index (κ2) is 9.39. The van der Waals surface area contributed by atoms with Gasteiger partial charge in [-0.2, -0.15) is 0 Å². The number of aliphatic imine (C=N–C) groups is 1. The van der Waals surface area contributed by atoms with Crippen LogP contribution in [0.3, 0.4) is 0 Å². The Bertz CT molecular complexity index is 734. The summed E-state index contributed by atoms with van der Waals surface area (Å²) in [7, 11) is 1.83. The van der Waals surface area contributed by atoms with E-state index in [0.717, 1.165) is 43.3 Å². The van der Waals surface area contributed by atoms with E-state index >= 15 is 0 Å². The molecule has 3 aliphatic rings. The lowest BCUT2D eigenvalue weighted by Crippen LogP contribution is -2.67. The first-order valence-electron chi connectivity index (χ1n) is 10.4. The molecule has 0 radical (unpaired) electrons. The van der Waals surface area contributed by atoms with Gasteiger partial charge in [0, 0.05) is 49.6 Å². The smallest absolute Gasteiger partial charge is 0.191 e. The first-order chi connectivity index (χ1) is 13.5. The van der Waals surface area contributed by atoms with Crippen LogP contribution in [0.1, 0.15) is 37.8 Å². The number of guanidine groups is 1. The van der Waals surface area contributed by atoms with E-state index < -0.39 is 0 Å². The maximum Gasteiger partial charge on any atom is 0.191 e. The van der Waals surface area contributed by atoms with Gasteiger partial charge in [0.15, 0.2) is 5.96 Å². The van der Waals surface area contributed by atoms with Crippen LogP contribution in [0.4, 0.5) is 0 Å². The van der Waals surface area contributed by atoms with Gasteiger partial charge in [0.05, 0.1) is 19.3 Å². The molecule has 0 bridgehead atoms. The number of hydrogen-bond acceptors (Lipinski definition) is 4. The highest BCUT2D eigenvalue weighted by Gasteiger charge is 2.59. The summed E-state index contributed by atoms with van der Waals surface area (Å²) in [6.45, 7) is 9.64. The summed E-state index contributed by atoms with van der Waals surface area (Å²) in [5.74, 6) is 2.35. The van der Waals surface area contributed by atoms with Gasteiger partial charge in [0.1, 0.15) is 11.9 Å². The fourth-order valence-electron chi connectivity index (χ4n) is 4.84. The van der Waals surface area contributed by atoms with E-state index in [1.54, 1.807) is 0 Å². The van der Waals surface area contributed by atoms with Crippen LogP contribution in [0.15, 0.2) is 23.2 Å². The molecule has 29 heavy (non-hydrogen) atoms. The van der Waals surface area contributed by atoms with Gasteiger partial charge in [-0.3, -0.25) is 4.99 Å². The summed E-state index contributed by atoms with van der Waals surface area (Å²) in [4.78, 5) is 4.45. The summed E-state index contributed by atoms with van der Waals surface area (Å²) in [6, 6.07) is 6.76. The Balaban J connectivity index is 0.00000240. The maximum absolute atomic E-state index is 6.21. The van der Waals surface area contributed by atoms with E-state index in [-0.39, 0.29) is 35.5 Å². The van der Waals surface area contributed by atoms with Crippen LogP contribution in [0.5, 0.6) is 5.75 Å². The number of halogens is 1. The number of nitrogens with zero attached hydrogens (tertiary/aromatic N) is 1. The molecule has 4 rings (SSSR count). The zero-order chi connectivity index (χ0) is 19.7. The molecule has 0 aromatic heterocycles. The molecule has 1 aromatic carbocycles. The average molecular weight is 515 g/mol. The van der Waals surface area contributed by atoms with Gasteiger partial charge in [-0.05, 0) is 25.0 Å². The number of aryl methyl sites for hydroxylation is 1. The zero-order valence-electron chi connectivity index (χ0n) is 17.9. The van der Waals surface area contributed by atoms with Gasteiger partial charge in [-0.25, -0.2) is 0 Å². The minimum absolute atomic E-state index is 0. The number of nitrogens with one attached hydrogen (secondary N) is 2. The molecular weight excluding hydrogens is 481 g/mol. The van der Waals surface area contributed by atoms with Gasteiger partial charge < -0.3 is 24.8 Å². The topological polar surface area (TPSA) is 64.1 Å². The summed E-state index contributed by atoms with van der Waals surface area (Å²) >= 11 is 0. The lowest BCUT2D eigenvalue weighted by atomic mass is 9.57. The van der Waals surface area contributed by atoms with Crippen molar-refractivity contribution >= 4 is 29.9 Å². The van der Waals surface area contributed by atoms with Gasteiger partial charge in [0.25, 0.3) is 0 Å². The molecule has 6 nitrogen and oxygen atoms in total. The standard InChI is InChI=1S/C22H33N3O3.HI/c1-14-5-6-15(18(11-14)28-16-7-9-26-13-16)12-24-21(23-4)25-19-17-8-10-27-20(17)22(19,2)3;/h5-6,11,16-17,19-20H,7-10,12-13H2,1-4H3,(H2,23,24,25);1H. The van der Waals surface area contributed by atoms with Crippen molar-refractivity contribution in [2.24, 2.45) is 16.3 Å². The normalized spacial score (nSPS) is 30.1. The van der Waals surface area contributed by atoms with Gasteiger partial charge in [-0.15, -0.1) is 24.0 Å². The third-order valence-corrected chi connectivity index (χ3v) is 6.47. The van der Waals surface area contributed by atoms with Crippen molar-refractivity contribution in [3.8, 4) is 5.75 Å². The van der Waals surface area contributed by atoms with E-state index in [2.05, 4.69) is 54.6 Å². The van der Waals surface area contributed by atoms with Crippen molar-refractivity contribution in [1.29, 1.82) is 0 Å². The number of hydrogen-bond donors (Lipinski definition) is 2. The molecule has 4 atom stereocenters. The highest BCUT2D eigenvalue weighted by molar-refractivity contribution is 14.0. The van der Waals surface area contributed by atoms with E-state index in [0.29, 0.717) is 31.2 Å². The monoisotopic (exact) mass is 515 g/mol. The quantitative estimate of drug-likeness (QED) is 0.358. The van der Waals surface area contributed by atoms with Crippen LogP contribution in [0.25, 0.3) is 0 Å². The number of fused-ring (bicyclic) bond motifs is 1. The molecule has 0 spiro atoms. The van der Waals surface area contributed by atoms with Crippen LogP contribution in [-0.2, 0) is 16.0 Å². The fourth-order valence-corrected chi connectivity index (χ4v) is 4.84. The van der Waals surface area contributed by atoms with Crippen molar-refractivity contribution in [1.82, 2.24) is 10.6 Å². The maximum atomic E-state index is 6.21. The van der Waals surface area contributed by atoms with Crippen molar-refractivity contribution in [3.05, 3.63) is 29.3 Å². The minimum Gasteiger partial charge on any atom is -0.488 e. The van der Waals surface area contributed by atoms with Crippen LogP contribution in [0, 0.1) is 18.3 Å². The van der Waals surface area contributed by atoms with Crippen molar-refractivity contribution in [2.45, 2.75) is 58.4 Å². The molecule has 0 amide bonds. The van der Waals surface area contributed by atoms with E-state index in [1.807, 2.05) is 7.05 Å². The fraction of sp³-hybridized carbons (Fsp3) is 0.682. The van der Waals surface area contributed by atoms with E-state index in [4.69, 9.17) is 14.2 Å². The largest absolute Gasteiger partial charge is 0.488 e. The molecule has 2 N–H and O–H groups in total. The molecule has 2 aliphatic heterocycles. The van der Waals surface area contributed by atoms with Crippen molar-refractivity contribution in [3.63, 3.8) is 0 Å². The first kappa shape index (κ1) is 22.6. The van der Waals surface area contributed by atoms with Gasteiger partial charge >= 0.3 is 0 Å². The number of ether oxygens (including phenoxy) is 3. The summed E-state index contributed by atoms with van der Waals surface area (Å²) in [5.41, 5.74) is 2.46. The molecule has 162 valence electrons. The SMILES string of the molecule is CN=C(NCc1ccc(C)cc1OC1CCOC1)NC1C2CCOC2C1(C)C.I. The Morgan fingerprint density at radius 3 is 2.83 bits per heavy atom. The number of benzene rings is 1. The third kappa shape index (κ3) is 4.66. The Hall–Kier alpha value is -1.06. The second-order valence-electron chi connectivity index (χ2n) is 8.83. The lowest BCUT2D eigenvalue weighted by molar-refractivity contribution is -0.106. The molecule has 1 aliphatic carbocycles. The Kier molecular flexibility index (Phi) is 7.32. The highest BCUT2D eigenvalue weighted by atomic mass is 127. The molecular formula is C22H34IN3O3. The Morgan fingerprint density at radius 1 is 1.28 bits per heavy atom.